The Hall–Kier alpha value is -3.61. The number of nitrogens with zero attached hydrogens (tertiary/aromatic N) is 4. The number of methoxy groups -OCH3 is 1. The summed E-state index contributed by atoms with van der Waals surface area (Å²) in [5.41, 5.74) is 8.90. The van der Waals surface area contributed by atoms with E-state index in [1.165, 1.54) is 0 Å². The summed E-state index contributed by atoms with van der Waals surface area (Å²) in [7, 11) is 1.63. The van der Waals surface area contributed by atoms with E-state index in [1.807, 2.05) is 79.1 Å². The Morgan fingerprint density at radius 3 is 2.48 bits per heavy atom. The fraction of sp³-hybridized carbons (Fsp3) is 0.150. The van der Waals surface area contributed by atoms with E-state index in [4.69, 9.17) is 15.1 Å². The van der Waals surface area contributed by atoms with Gasteiger partial charge in [0.2, 0.25) is 0 Å². The lowest BCUT2D eigenvalue weighted by molar-refractivity contribution is 0.310. The van der Waals surface area contributed by atoms with Gasteiger partial charge in [0.15, 0.2) is 17.3 Å². The van der Waals surface area contributed by atoms with Crippen molar-refractivity contribution in [2.24, 2.45) is 0 Å². The maximum absolute atomic E-state index is 5.85. The third kappa shape index (κ3) is 3.67. The number of nitrogen functional groups attached to an aromatic ring is 1. The predicted octanol–water partition coefficient (Wildman–Crippen LogP) is 4.25. The van der Waals surface area contributed by atoms with Crippen molar-refractivity contribution in [3.63, 3.8) is 0 Å². The van der Waals surface area contributed by atoms with Gasteiger partial charge < -0.3 is 10.5 Å². The molecule has 2 aromatic carbocycles. The van der Waals surface area contributed by atoms with E-state index in [-0.39, 0.29) is 5.82 Å². The summed E-state index contributed by atoms with van der Waals surface area (Å²) in [6.45, 7) is 4.00. The highest BCUT2D eigenvalue weighted by Gasteiger charge is 2.20. The molecule has 4 rings (SSSR count). The number of imidazole rings is 1. The van der Waals surface area contributed by atoms with Gasteiger partial charge in [0.05, 0.1) is 23.8 Å². The average molecular weight is 363 g/mol. The highest BCUT2D eigenvalue weighted by Crippen LogP contribution is 2.30. The lowest BCUT2D eigenvalue weighted by Gasteiger charge is -2.09. The van der Waals surface area contributed by atoms with Crippen LogP contribution in [0.4, 0.5) is 5.82 Å². The van der Waals surface area contributed by atoms with Crippen molar-refractivity contribution in [1.82, 2.24) is 19.9 Å². The van der Waals surface area contributed by atoms with Crippen molar-refractivity contribution in [2.45, 2.75) is 13.8 Å². The normalized spacial score (nSPS) is 10.8. The zero-order chi connectivity index (χ0) is 19.2. The minimum atomic E-state index is 0.199. The Morgan fingerprint density at radius 2 is 1.81 bits per heavy atom. The van der Waals surface area contributed by atoms with Crippen LogP contribution in [0, 0.1) is 0 Å². The molecule has 0 spiro atoms. The lowest BCUT2D eigenvalue weighted by atomic mass is 10.2. The standard InChI is InChI=1S/C16H13N5O2.C4H8/c1-22-11-6-4-5-10(9-11)21-13-8-3-2-7-12(13)18-16(21)14-15(17)20-23-19-14;1-3-4-2/h2-9H,1H3,(H2,17,20);3-4H,1-2H3/b;4-3-. The van der Waals surface area contributed by atoms with E-state index >= 15 is 0 Å². The predicted molar refractivity (Wildman–Crippen MR) is 106 cm³/mol. The third-order valence-electron chi connectivity index (χ3n) is 3.93. The minimum Gasteiger partial charge on any atom is -0.497 e. The largest absolute Gasteiger partial charge is 0.497 e. The molecule has 0 unspecified atom stereocenters. The number of allylic oxidation sites excluding steroid dienone is 2. The Morgan fingerprint density at radius 1 is 1.04 bits per heavy atom. The Kier molecular flexibility index (Phi) is 5.51. The first-order chi connectivity index (χ1) is 13.2. The molecule has 0 saturated carbocycles. The number of benzene rings is 2. The second-order valence-corrected chi connectivity index (χ2v) is 5.63. The number of fused-ring (bicyclic) bond motifs is 1. The average Bonchev–Trinajstić information content (AvgIpc) is 3.31. The molecule has 0 saturated heterocycles. The van der Waals surface area contributed by atoms with Gasteiger partial charge in [0.1, 0.15) is 5.75 Å². The molecule has 0 atom stereocenters. The fourth-order valence-electron chi connectivity index (χ4n) is 2.55. The maximum Gasteiger partial charge on any atom is 0.199 e. The molecule has 138 valence electrons. The number of hydrogen-bond acceptors (Lipinski definition) is 6. The van der Waals surface area contributed by atoms with Gasteiger partial charge in [-0.15, -0.1) is 0 Å². The molecule has 0 aliphatic carbocycles. The van der Waals surface area contributed by atoms with Gasteiger partial charge in [-0.25, -0.2) is 9.61 Å². The molecule has 7 heteroatoms. The van der Waals surface area contributed by atoms with E-state index in [1.54, 1.807) is 7.11 Å². The van der Waals surface area contributed by atoms with E-state index in [0.717, 1.165) is 22.5 Å². The molecular formula is C20H21N5O2. The second kappa shape index (κ2) is 8.18. The minimum absolute atomic E-state index is 0.199. The molecule has 2 heterocycles. The molecule has 0 bridgehead atoms. The molecule has 27 heavy (non-hydrogen) atoms. The smallest absolute Gasteiger partial charge is 0.199 e. The fourth-order valence-corrected chi connectivity index (χ4v) is 2.55. The van der Waals surface area contributed by atoms with Crippen LogP contribution < -0.4 is 10.5 Å². The SMILES string of the molecule is C/C=C\C.COc1cccc(-n2c(-c3nonc3N)nc3ccccc32)c1. The molecule has 0 aliphatic heterocycles. The van der Waals surface area contributed by atoms with Crippen molar-refractivity contribution in [1.29, 1.82) is 0 Å². The zero-order valence-electron chi connectivity index (χ0n) is 15.5. The number of rotatable bonds is 3. The summed E-state index contributed by atoms with van der Waals surface area (Å²) in [4.78, 5) is 4.63. The van der Waals surface area contributed by atoms with Crippen molar-refractivity contribution < 1.29 is 9.37 Å². The van der Waals surface area contributed by atoms with Crippen LogP contribution in [0.15, 0.2) is 65.3 Å². The van der Waals surface area contributed by atoms with Gasteiger partial charge in [0.25, 0.3) is 0 Å². The Labute approximate surface area is 157 Å². The van der Waals surface area contributed by atoms with Gasteiger partial charge in [-0.2, -0.15) is 0 Å². The molecule has 0 aliphatic rings. The number of anilines is 1. The monoisotopic (exact) mass is 363 g/mol. The summed E-state index contributed by atoms with van der Waals surface area (Å²) in [6.07, 6.45) is 4.00. The first kappa shape index (κ1) is 18.2. The third-order valence-corrected chi connectivity index (χ3v) is 3.93. The van der Waals surface area contributed by atoms with Crippen LogP contribution in [-0.2, 0) is 0 Å². The maximum atomic E-state index is 5.85. The van der Waals surface area contributed by atoms with Crippen LogP contribution in [-0.4, -0.2) is 27.0 Å². The van der Waals surface area contributed by atoms with Gasteiger partial charge in [0, 0.05) is 6.07 Å². The molecule has 0 fully saturated rings. The quantitative estimate of drug-likeness (QED) is 0.547. The van der Waals surface area contributed by atoms with E-state index in [9.17, 15) is 0 Å². The van der Waals surface area contributed by atoms with Crippen LogP contribution in [0.1, 0.15) is 13.8 Å². The highest BCUT2D eigenvalue weighted by atomic mass is 16.6. The van der Waals surface area contributed by atoms with Gasteiger partial charge in [-0.3, -0.25) is 4.57 Å². The molecule has 4 aromatic rings. The first-order valence-corrected chi connectivity index (χ1v) is 8.47. The van der Waals surface area contributed by atoms with Crippen LogP contribution in [0.5, 0.6) is 5.75 Å². The Bertz CT molecular complexity index is 1060. The summed E-state index contributed by atoms with van der Waals surface area (Å²) in [6, 6.07) is 15.5. The Balaban J connectivity index is 0.000000481. The van der Waals surface area contributed by atoms with Gasteiger partial charge in [-0.05, 0) is 48.4 Å². The summed E-state index contributed by atoms with van der Waals surface area (Å²) >= 11 is 0. The summed E-state index contributed by atoms with van der Waals surface area (Å²) in [5.74, 6) is 1.51. The zero-order valence-corrected chi connectivity index (χ0v) is 15.5. The topological polar surface area (TPSA) is 92.0 Å². The van der Waals surface area contributed by atoms with Crippen molar-refractivity contribution in [3.8, 4) is 23.0 Å². The number of ether oxygens (including phenoxy) is 1. The first-order valence-electron chi connectivity index (χ1n) is 8.47. The second-order valence-electron chi connectivity index (χ2n) is 5.63. The molecule has 7 nitrogen and oxygen atoms in total. The van der Waals surface area contributed by atoms with Gasteiger partial charge in [-0.1, -0.05) is 30.4 Å². The van der Waals surface area contributed by atoms with E-state index in [2.05, 4.69) is 15.3 Å². The molecule has 0 radical (unpaired) electrons. The number of nitrogens with two attached hydrogens (primary N) is 1. The van der Waals surface area contributed by atoms with Crippen LogP contribution >= 0.6 is 0 Å². The van der Waals surface area contributed by atoms with Gasteiger partial charge >= 0.3 is 0 Å². The molecular weight excluding hydrogens is 342 g/mol. The van der Waals surface area contributed by atoms with Crippen molar-refractivity contribution in [2.75, 3.05) is 12.8 Å². The highest BCUT2D eigenvalue weighted by molar-refractivity contribution is 5.84. The molecule has 2 aromatic heterocycles. The number of para-hydroxylation sites is 2. The van der Waals surface area contributed by atoms with Crippen LogP contribution in [0.2, 0.25) is 0 Å². The summed E-state index contributed by atoms with van der Waals surface area (Å²) < 4.78 is 12.0. The van der Waals surface area contributed by atoms with E-state index < -0.39 is 0 Å². The summed E-state index contributed by atoms with van der Waals surface area (Å²) in [5, 5.41) is 7.53. The lowest BCUT2D eigenvalue weighted by Crippen LogP contribution is -2.00. The molecule has 2 N–H and O–H groups in total. The van der Waals surface area contributed by atoms with E-state index in [0.29, 0.717) is 11.5 Å². The van der Waals surface area contributed by atoms with Crippen LogP contribution in [0.25, 0.3) is 28.2 Å². The number of aromatic nitrogens is 4. The molecule has 0 amide bonds. The van der Waals surface area contributed by atoms with Crippen molar-refractivity contribution >= 4 is 16.9 Å². The van der Waals surface area contributed by atoms with Crippen molar-refractivity contribution in [3.05, 3.63) is 60.7 Å². The number of hydrogen-bond donors (Lipinski definition) is 1. The van der Waals surface area contributed by atoms with Crippen LogP contribution in [0.3, 0.4) is 0 Å².